The Morgan fingerprint density at radius 1 is 1.06 bits per heavy atom. The van der Waals surface area contributed by atoms with E-state index in [4.69, 9.17) is 11.6 Å². The number of nitrogens with one attached hydrogen (secondary N) is 1. The third kappa shape index (κ3) is 6.21. The lowest BCUT2D eigenvalue weighted by molar-refractivity contribution is -0.122. The van der Waals surface area contributed by atoms with Crippen LogP contribution in [0.25, 0.3) is 0 Å². The first-order chi connectivity index (χ1) is 14.3. The molecule has 10 heteroatoms. The van der Waals surface area contributed by atoms with E-state index in [9.17, 15) is 21.6 Å². The molecule has 0 saturated carbocycles. The molecular weight excluding hydrogens is 460 g/mol. The number of sulfone groups is 1. The number of benzene rings is 2. The van der Waals surface area contributed by atoms with Crippen LogP contribution in [0, 0.1) is 6.92 Å². The highest BCUT2D eigenvalue weighted by molar-refractivity contribution is 7.92. The fourth-order valence-corrected chi connectivity index (χ4v) is 5.31. The van der Waals surface area contributed by atoms with E-state index in [1.165, 1.54) is 18.2 Å². The number of aryl methyl sites for hydroxylation is 1. The van der Waals surface area contributed by atoms with Crippen molar-refractivity contribution in [3.63, 3.8) is 0 Å². The summed E-state index contributed by atoms with van der Waals surface area (Å²) in [5.41, 5.74) is 1.72. The molecule has 2 atom stereocenters. The maximum Gasteiger partial charge on any atom is 0.244 e. The van der Waals surface area contributed by atoms with Crippen molar-refractivity contribution >= 4 is 43.1 Å². The SMILES string of the molecule is CC[C@@H](C(=O)N[C@@H](C)c1ccc(S(C)(=O)=O)cc1)N(c1cc(Cl)ccc1C)S(C)(=O)=O. The summed E-state index contributed by atoms with van der Waals surface area (Å²) in [5, 5.41) is 3.20. The molecule has 1 N–H and O–H groups in total. The van der Waals surface area contributed by atoms with Gasteiger partial charge < -0.3 is 5.32 Å². The van der Waals surface area contributed by atoms with Crippen LogP contribution in [0.3, 0.4) is 0 Å². The van der Waals surface area contributed by atoms with E-state index in [1.807, 2.05) is 0 Å². The molecular formula is C21H27ClN2O5S2. The number of carbonyl (C=O) groups excluding carboxylic acids is 1. The summed E-state index contributed by atoms with van der Waals surface area (Å²) in [7, 11) is -7.11. The highest BCUT2D eigenvalue weighted by Gasteiger charge is 2.33. The minimum Gasteiger partial charge on any atom is -0.348 e. The van der Waals surface area contributed by atoms with Gasteiger partial charge in [-0.15, -0.1) is 0 Å². The lowest BCUT2D eigenvalue weighted by Gasteiger charge is -2.32. The molecule has 1 amide bonds. The minimum absolute atomic E-state index is 0.181. The second-order valence-corrected chi connectivity index (χ2v) is 11.8. The van der Waals surface area contributed by atoms with Gasteiger partial charge in [0.2, 0.25) is 15.9 Å². The van der Waals surface area contributed by atoms with Crippen molar-refractivity contribution in [1.29, 1.82) is 0 Å². The molecule has 31 heavy (non-hydrogen) atoms. The van der Waals surface area contributed by atoms with E-state index < -0.39 is 37.9 Å². The van der Waals surface area contributed by atoms with E-state index in [2.05, 4.69) is 5.32 Å². The van der Waals surface area contributed by atoms with Crippen molar-refractivity contribution in [1.82, 2.24) is 5.32 Å². The van der Waals surface area contributed by atoms with Crippen molar-refractivity contribution in [2.75, 3.05) is 16.8 Å². The summed E-state index contributed by atoms with van der Waals surface area (Å²) < 4.78 is 49.6. The van der Waals surface area contributed by atoms with E-state index in [1.54, 1.807) is 45.0 Å². The monoisotopic (exact) mass is 486 g/mol. The van der Waals surface area contributed by atoms with Crippen molar-refractivity contribution in [2.45, 2.75) is 44.2 Å². The normalized spacial score (nSPS) is 14.0. The summed E-state index contributed by atoms with van der Waals surface area (Å²) in [5.74, 6) is -0.466. The van der Waals surface area contributed by atoms with Gasteiger partial charge in [0.25, 0.3) is 0 Å². The average molecular weight is 487 g/mol. The first-order valence-electron chi connectivity index (χ1n) is 9.61. The third-order valence-electron chi connectivity index (χ3n) is 4.91. The van der Waals surface area contributed by atoms with Crippen LogP contribution >= 0.6 is 11.6 Å². The Bertz CT molecular complexity index is 1160. The molecule has 0 aliphatic heterocycles. The van der Waals surface area contributed by atoms with Gasteiger partial charge in [-0.05, 0) is 55.7 Å². The lowest BCUT2D eigenvalue weighted by atomic mass is 10.1. The first-order valence-corrected chi connectivity index (χ1v) is 13.7. The maximum atomic E-state index is 13.1. The summed E-state index contributed by atoms with van der Waals surface area (Å²) in [6.07, 6.45) is 2.41. The Hall–Kier alpha value is -2.10. The van der Waals surface area contributed by atoms with Gasteiger partial charge in [0.1, 0.15) is 6.04 Å². The highest BCUT2D eigenvalue weighted by atomic mass is 35.5. The molecule has 0 saturated heterocycles. The van der Waals surface area contributed by atoms with Crippen LogP contribution in [-0.4, -0.2) is 41.3 Å². The number of carbonyl (C=O) groups is 1. The van der Waals surface area contributed by atoms with Crippen LogP contribution in [0.5, 0.6) is 0 Å². The smallest absolute Gasteiger partial charge is 0.244 e. The largest absolute Gasteiger partial charge is 0.348 e. The number of anilines is 1. The Balaban J connectivity index is 2.34. The quantitative estimate of drug-likeness (QED) is 0.615. The van der Waals surface area contributed by atoms with Gasteiger partial charge in [0.05, 0.1) is 22.9 Å². The van der Waals surface area contributed by atoms with Crippen LogP contribution < -0.4 is 9.62 Å². The van der Waals surface area contributed by atoms with Gasteiger partial charge in [-0.25, -0.2) is 16.8 Å². The molecule has 0 spiro atoms. The lowest BCUT2D eigenvalue weighted by Crippen LogP contribution is -2.50. The number of hydrogen-bond acceptors (Lipinski definition) is 5. The molecule has 2 aromatic rings. The van der Waals surface area contributed by atoms with Gasteiger partial charge in [0.15, 0.2) is 9.84 Å². The average Bonchev–Trinajstić information content (AvgIpc) is 2.66. The molecule has 170 valence electrons. The molecule has 0 bridgehead atoms. The zero-order valence-corrected chi connectivity index (χ0v) is 20.5. The standard InChI is InChI=1S/C21H27ClN2O5S2/c1-6-19(24(31(5,28)29)20-13-17(22)10-7-14(20)2)21(25)23-15(3)16-8-11-18(12-9-16)30(4,26)27/h7-13,15,19H,6H2,1-5H3,(H,23,25)/t15-,19-/m0/s1. The number of amides is 1. The second kappa shape index (κ2) is 9.58. The van der Waals surface area contributed by atoms with Crippen LogP contribution in [0.4, 0.5) is 5.69 Å². The molecule has 2 rings (SSSR count). The van der Waals surface area contributed by atoms with E-state index in [-0.39, 0.29) is 11.3 Å². The zero-order valence-electron chi connectivity index (χ0n) is 18.1. The maximum absolute atomic E-state index is 13.1. The first kappa shape index (κ1) is 25.2. The van der Waals surface area contributed by atoms with Gasteiger partial charge in [0, 0.05) is 11.3 Å². The predicted octanol–water partition coefficient (Wildman–Crippen LogP) is 3.47. The summed E-state index contributed by atoms with van der Waals surface area (Å²) in [6.45, 7) is 5.23. The minimum atomic E-state index is -3.79. The van der Waals surface area contributed by atoms with E-state index >= 15 is 0 Å². The second-order valence-electron chi connectivity index (χ2n) is 7.49. The van der Waals surface area contributed by atoms with Crippen LogP contribution in [0.2, 0.25) is 5.02 Å². The predicted molar refractivity (Wildman–Crippen MR) is 124 cm³/mol. The fraction of sp³-hybridized carbons (Fsp3) is 0.381. The van der Waals surface area contributed by atoms with Crippen LogP contribution in [-0.2, 0) is 24.7 Å². The number of sulfonamides is 1. The molecule has 0 aliphatic carbocycles. The van der Waals surface area contributed by atoms with Gasteiger partial charge in [-0.3, -0.25) is 9.10 Å². The van der Waals surface area contributed by atoms with Gasteiger partial charge >= 0.3 is 0 Å². The Morgan fingerprint density at radius 2 is 1.65 bits per heavy atom. The molecule has 0 aromatic heterocycles. The molecule has 0 aliphatic rings. The Morgan fingerprint density at radius 3 is 2.13 bits per heavy atom. The number of nitrogens with zero attached hydrogens (tertiary/aromatic N) is 1. The van der Waals surface area contributed by atoms with Crippen molar-refractivity contribution in [3.8, 4) is 0 Å². The molecule has 0 radical (unpaired) electrons. The molecule has 0 fully saturated rings. The molecule has 7 nitrogen and oxygen atoms in total. The third-order valence-corrected chi connectivity index (χ3v) is 7.43. The molecule has 0 heterocycles. The summed E-state index contributed by atoms with van der Waals surface area (Å²) in [4.78, 5) is 13.3. The van der Waals surface area contributed by atoms with Crippen molar-refractivity contribution in [3.05, 3.63) is 58.6 Å². The molecule has 2 aromatic carbocycles. The Labute approximate surface area is 189 Å². The van der Waals surface area contributed by atoms with E-state index in [0.29, 0.717) is 21.8 Å². The van der Waals surface area contributed by atoms with Crippen molar-refractivity contribution in [2.24, 2.45) is 0 Å². The topological polar surface area (TPSA) is 101 Å². The highest BCUT2D eigenvalue weighted by Crippen LogP contribution is 2.29. The summed E-state index contributed by atoms with van der Waals surface area (Å²) >= 11 is 6.08. The van der Waals surface area contributed by atoms with Gasteiger partial charge in [-0.1, -0.05) is 36.7 Å². The van der Waals surface area contributed by atoms with Crippen molar-refractivity contribution < 1.29 is 21.6 Å². The number of rotatable bonds is 8. The number of halogens is 1. The number of hydrogen-bond donors (Lipinski definition) is 1. The fourth-order valence-electron chi connectivity index (χ4n) is 3.25. The zero-order chi connectivity index (χ0) is 23.6. The Kier molecular flexibility index (Phi) is 7.78. The molecule has 0 unspecified atom stereocenters. The van der Waals surface area contributed by atoms with E-state index in [0.717, 1.165) is 16.8 Å². The van der Waals surface area contributed by atoms with Crippen LogP contribution in [0.1, 0.15) is 37.4 Å². The van der Waals surface area contributed by atoms with Crippen LogP contribution in [0.15, 0.2) is 47.4 Å². The summed E-state index contributed by atoms with van der Waals surface area (Å²) in [6, 6.07) is 9.64. The van der Waals surface area contributed by atoms with Gasteiger partial charge in [-0.2, -0.15) is 0 Å².